The minimum absolute atomic E-state index is 0.0872. The Labute approximate surface area is 163 Å². The van der Waals surface area contributed by atoms with Crippen LogP contribution in [0.15, 0.2) is 30.5 Å². The van der Waals surface area contributed by atoms with E-state index in [9.17, 15) is 9.59 Å². The molecule has 1 unspecified atom stereocenters. The first-order valence-corrected chi connectivity index (χ1v) is 9.54. The van der Waals surface area contributed by atoms with Crippen LogP contribution in [0.5, 0.6) is 0 Å². The number of carbonyl (C=O) groups is 2. The summed E-state index contributed by atoms with van der Waals surface area (Å²) in [7, 11) is 0. The summed E-state index contributed by atoms with van der Waals surface area (Å²) in [5.74, 6) is 0.933. The predicted octanol–water partition coefficient (Wildman–Crippen LogP) is 2.71. The third-order valence-corrected chi connectivity index (χ3v) is 5.63. The Bertz CT molecular complexity index is 876. The highest BCUT2D eigenvalue weighted by Crippen LogP contribution is 2.32. The van der Waals surface area contributed by atoms with Crippen molar-refractivity contribution in [2.24, 2.45) is 0 Å². The molecule has 6 nitrogen and oxygen atoms in total. The van der Waals surface area contributed by atoms with E-state index < -0.39 is 0 Å². The monoisotopic (exact) mass is 384 g/mol. The van der Waals surface area contributed by atoms with Crippen molar-refractivity contribution in [3.05, 3.63) is 52.3 Å². The maximum absolute atomic E-state index is 12.6. The van der Waals surface area contributed by atoms with E-state index in [1.165, 1.54) is 0 Å². The molecule has 0 bridgehead atoms. The average Bonchev–Trinajstić information content (AvgIpc) is 2.68. The number of amides is 1. The van der Waals surface area contributed by atoms with Crippen LogP contribution in [0.3, 0.4) is 0 Å². The first-order valence-electron chi connectivity index (χ1n) is 9.16. The molecular weight excluding hydrogens is 364 g/mol. The molecule has 2 heterocycles. The van der Waals surface area contributed by atoms with Crippen molar-refractivity contribution in [2.75, 3.05) is 31.1 Å². The molecule has 1 atom stereocenters. The van der Waals surface area contributed by atoms with E-state index in [1.54, 1.807) is 13.1 Å². The van der Waals surface area contributed by atoms with Gasteiger partial charge in [0.1, 0.15) is 0 Å². The van der Waals surface area contributed by atoms with Gasteiger partial charge in [-0.15, -0.1) is 0 Å². The number of carbonyl (C=O) groups excluding carboxylic acids is 2. The lowest BCUT2D eigenvalue weighted by atomic mass is 9.82. The second-order valence-electron chi connectivity index (χ2n) is 7.10. The van der Waals surface area contributed by atoms with Crippen molar-refractivity contribution in [1.29, 1.82) is 0 Å². The highest BCUT2D eigenvalue weighted by Gasteiger charge is 2.29. The lowest BCUT2D eigenvalue weighted by molar-refractivity contribution is -0.129. The molecule has 2 aliphatic rings. The largest absolute Gasteiger partial charge is 0.339 e. The van der Waals surface area contributed by atoms with E-state index >= 15 is 0 Å². The van der Waals surface area contributed by atoms with Gasteiger partial charge in [-0.25, -0.2) is 9.97 Å². The summed E-state index contributed by atoms with van der Waals surface area (Å²) < 4.78 is 0. The van der Waals surface area contributed by atoms with Crippen molar-refractivity contribution in [3.8, 4) is 0 Å². The number of nitrogens with zero attached hydrogens (tertiary/aromatic N) is 4. The van der Waals surface area contributed by atoms with Gasteiger partial charge in [-0.1, -0.05) is 23.7 Å². The van der Waals surface area contributed by atoms with Gasteiger partial charge in [-0.05, 0) is 30.0 Å². The zero-order chi connectivity index (χ0) is 19.0. The minimum Gasteiger partial charge on any atom is -0.339 e. The SMILES string of the molecule is CC(=O)N1CCN(c2ncc3c(n2)CC(c2ccc(Cl)cc2)CC3=O)CC1. The molecule has 140 valence electrons. The van der Waals surface area contributed by atoms with Crippen molar-refractivity contribution < 1.29 is 9.59 Å². The number of fused-ring (bicyclic) bond motifs is 1. The Balaban J connectivity index is 1.55. The highest BCUT2D eigenvalue weighted by molar-refractivity contribution is 6.30. The minimum atomic E-state index is 0.0872. The molecule has 1 saturated heterocycles. The van der Waals surface area contributed by atoms with Crippen LogP contribution in [0.25, 0.3) is 0 Å². The number of Topliss-reactive ketones (excluding diaryl/α,β-unsaturated/α-hetero) is 1. The Morgan fingerprint density at radius 3 is 2.48 bits per heavy atom. The van der Waals surface area contributed by atoms with Gasteiger partial charge in [0.15, 0.2) is 5.78 Å². The fourth-order valence-corrected chi connectivity index (χ4v) is 3.90. The average molecular weight is 385 g/mol. The Morgan fingerprint density at radius 2 is 1.81 bits per heavy atom. The molecule has 2 aromatic rings. The first kappa shape index (κ1) is 17.9. The molecule has 0 N–H and O–H groups in total. The maximum atomic E-state index is 12.6. The molecular formula is C20H21ClN4O2. The summed E-state index contributed by atoms with van der Waals surface area (Å²) in [5.41, 5.74) is 2.55. The smallest absolute Gasteiger partial charge is 0.225 e. The van der Waals surface area contributed by atoms with E-state index in [1.807, 2.05) is 29.2 Å². The third-order valence-electron chi connectivity index (χ3n) is 5.38. The van der Waals surface area contributed by atoms with E-state index in [4.69, 9.17) is 16.6 Å². The van der Waals surface area contributed by atoms with Crippen molar-refractivity contribution in [3.63, 3.8) is 0 Å². The topological polar surface area (TPSA) is 66.4 Å². The van der Waals surface area contributed by atoms with Gasteiger partial charge in [0.2, 0.25) is 11.9 Å². The van der Waals surface area contributed by atoms with Gasteiger partial charge in [0.05, 0.1) is 11.3 Å². The van der Waals surface area contributed by atoms with Gasteiger partial charge in [0, 0.05) is 50.7 Å². The summed E-state index contributed by atoms with van der Waals surface area (Å²) >= 11 is 5.98. The molecule has 1 aromatic carbocycles. The number of anilines is 1. The number of benzene rings is 1. The van der Waals surface area contributed by atoms with Crippen LogP contribution >= 0.6 is 11.6 Å². The van der Waals surface area contributed by atoms with Crippen LogP contribution in [-0.4, -0.2) is 52.7 Å². The van der Waals surface area contributed by atoms with Crippen molar-refractivity contribution in [1.82, 2.24) is 14.9 Å². The number of hydrogen-bond acceptors (Lipinski definition) is 5. The molecule has 7 heteroatoms. The number of rotatable bonds is 2. The first-order chi connectivity index (χ1) is 13.0. The summed E-state index contributed by atoms with van der Waals surface area (Å²) in [4.78, 5) is 37.1. The molecule has 27 heavy (non-hydrogen) atoms. The second-order valence-corrected chi connectivity index (χ2v) is 7.54. The third kappa shape index (κ3) is 3.67. The molecule has 1 aliphatic heterocycles. The maximum Gasteiger partial charge on any atom is 0.225 e. The van der Waals surface area contributed by atoms with Crippen LogP contribution in [0, 0.1) is 0 Å². The zero-order valence-electron chi connectivity index (χ0n) is 15.2. The molecule has 0 radical (unpaired) electrons. The molecule has 0 saturated carbocycles. The normalized spacial score (nSPS) is 19.8. The van der Waals surface area contributed by atoms with Crippen LogP contribution < -0.4 is 4.90 Å². The second kappa shape index (κ2) is 7.27. The molecule has 1 aliphatic carbocycles. The number of piperazine rings is 1. The summed E-state index contributed by atoms with van der Waals surface area (Å²) in [6.07, 6.45) is 2.84. The van der Waals surface area contributed by atoms with Gasteiger partial charge in [-0.3, -0.25) is 9.59 Å². The van der Waals surface area contributed by atoms with Crippen LogP contribution in [0.4, 0.5) is 5.95 Å². The summed E-state index contributed by atoms with van der Waals surface area (Å²) in [6, 6.07) is 7.68. The van der Waals surface area contributed by atoms with Crippen LogP contribution in [-0.2, 0) is 11.2 Å². The van der Waals surface area contributed by atoms with Crippen LogP contribution in [0.1, 0.15) is 40.9 Å². The van der Waals surface area contributed by atoms with Crippen LogP contribution in [0.2, 0.25) is 5.02 Å². The van der Waals surface area contributed by atoms with E-state index in [-0.39, 0.29) is 17.6 Å². The molecule has 0 spiro atoms. The Morgan fingerprint density at radius 1 is 1.11 bits per heavy atom. The molecule has 4 rings (SSSR count). The lowest BCUT2D eigenvalue weighted by Gasteiger charge is -2.34. The summed E-state index contributed by atoms with van der Waals surface area (Å²) in [6.45, 7) is 4.33. The van der Waals surface area contributed by atoms with E-state index in [0.29, 0.717) is 55.6 Å². The summed E-state index contributed by atoms with van der Waals surface area (Å²) in [5, 5.41) is 0.690. The van der Waals surface area contributed by atoms with Gasteiger partial charge < -0.3 is 9.80 Å². The van der Waals surface area contributed by atoms with E-state index in [0.717, 1.165) is 11.3 Å². The number of halogens is 1. The number of ketones is 1. The fourth-order valence-electron chi connectivity index (χ4n) is 3.78. The Kier molecular flexibility index (Phi) is 4.83. The van der Waals surface area contributed by atoms with Gasteiger partial charge >= 0.3 is 0 Å². The van der Waals surface area contributed by atoms with Gasteiger partial charge in [-0.2, -0.15) is 0 Å². The fraction of sp³-hybridized carbons (Fsp3) is 0.400. The quantitative estimate of drug-likeness (QED) is 0.796. The highest BCUT2D eigenvalue weighted by atomic mass is 35.5. The predicted molar refractivity (Wildman–Crippen MR) is 103 cm³/mol. The van der Waals surface area contributed by atoms with Crippen molar-refractivity contribution in [2.45, 2.75) is 25.7 Å². The standard InChI is InChI=1S/C20H21ClN4O2/c1-13(26)24-6-8-25(9-7-24)20-22-12-17-18(23-20)10-15(11-19(17)27)14-2-4-16(21)5-3-14/h2-5,12,15H,6-11H2,1H3. The molecule has 1 fully saturated rings. The zero-order valence-corrected chi connectivity index (χ0v) is 15.9. The lowest BCUT2D eigenvalue weighted by Crippen LogP contribution is -2.48. The Hall–Kier alpha value is -2.47. The molecule has 1 aromatic heterocycles. The number of aromatic nitrogens is 2. The van der Waals surface area contributed by atoms with Gasteiger partial charge in [0.25, 0.3) is 0 Å². The molecule has 1 amide bonds. The van der Waals surface area contributed by atoms with Crippen molar-refractivity contribution >= 4 is 29.2 Å². The van der Waals surface area contributed by atoms with E-state index in [2.05, 4.69) is 9.88 Å². The number of hydrogen-bond donors (Lipinski definition) is 0.